The fourth-order valence-corrected chi connectivity index (χ4v) is 9.59. The smallest absolute Gasteiger partial charge is 0.308 e. The highest BCUT2D eigenvalue weighted by Gasteiger charge is 2.65. The average molecular weight is 883 g/mol. The van der Waals surface area contributed by atoms with Crippen molar-refractivity contribution in [2.75, 3.05) is 0 Å². The normalized spacial score (nSPS) is 19.6. The molecule has 9 rings (SSSR count). The van der Waals surface area contributed by atoms with Gasteiger partial charge < -0.3 is 29.5 Å². The van der Waals surface area contributed by atoms with Crippen molar-refractivity contribution in [2.45, 2.75) is 63.7 Å². The van der Waals surface area contributed by atoms with Crippen molar-refractivity contribution in [1.82, 2.24) is 9.80 Å². The Kier molecular flexibility index (Phi) is 13.3. The molecule has 6 atom stereocenters. The minimum atomic E-state index is -1.62. The maximum absolute atomic E-state index is 15.7. The summed E-state index contributed by atoms with van der Waals surface area (Å²) in [4.78, 5) is 61.5. The summed E-state index contributed by atoms with van der Waals surface area (Å²) in [6.07, 6.45) is 5.33. The molecule has 10 heteroatoms. The number of carboxylic acids is 2. The third-order valence-electron chi connectivity index (χ3n) is 13.4. The first-order chi connectivity index (χ1) is 32.2. The highest BCUT2D eigenvalue weighted by Crippen LogP contribution is 2.52. The van der Waals surface area contributed by atoms with Gasteiger partial charge in [0.2, 0.25) is 11.8 Å². The molecule has 0 bridgehead atoms. The Balaban J connectivity index is 1.09. The van der Waals surface area contributed by atoms with Crippen LogP contribution in [-0.4, -0.2) is 43.8 Å². The van der Waals surface area contributed by atoms with E-state index in [1.165, 1.54) is 0 Å². The lowest BCUT2D eigenvalue weighted by Gasteiger charge is -2.50. The molecule has 10 nitrogen and oxygen atoms in total. The summed E-state index contributed by atoms with van der Waals surface area (Å²) < 4.78 is 12.1. The monoisotopic (exact) mass is 882 g/mol. The minimum absolute atomic E-state index is 0.105. The van der Waals surface area contributed by atoms with Gasteiger partial charge in [-0.3, -0.25) is 19.2 Å². The standard InChI is InChI=1S/C56H54N2O8/c59-53(57(47(33-37-21-22-37)41-13-5-1-6-14-41)35-39-25-29-45(30-26-39)65-43-17-9-3-10-18-43)49-50(52(56(63)64)51(49)55(61)62)54(60)58(48(34-38-23-24-38)42-15-7-2-8-16-42)36-40-27-31-46(32-28-40)66-44-19-11-4-12-20-44/h1-20,25-32,37-38,47-52H,21-24,33-36H2,(H,61,62)(H,63,64)/t47-,48-,49-,50-,51-,52-/m1/s1. The second-order valence-corrected chi connectivity index (χ2v) is 18.0. The number of carbonyl (C=O) groups excluding carboxylic acids is 2. The van der Waals surface area contributed by atoms with E-state index in [0.29, 0.717) is 47.7 Å². The Labute approximate surface area is 385 Å². The first-order valence-corrected chi connectivity index (χ1v) is 23.0. The van der Waals surface area contributed by atoms with E-state index in [4.69, 9.17) is 9.47 Å². The molecule has 0 saturated heterocycles. The molecule has 0 spiro atoms. The van der Waals surface area contributed by atoms with E-state index in [9.17, 15) is 19.8 Å². The molecule has 6 aromatic carbocycles. The minimum Gasteiger partial charge on any atom is -0.481 e. The van der Waals surface area contributed by atoms with Crippen LogP contribution < -0.4 is 9.47 Å². The molecule has 2 amide bonds. The third kappa shape index (κ3) is 10.3. The van der Waals surface area contributed by atoms with Crippen LogP contribution in [0.2, 0.25) is 0 Å². The number of aliphatic carboxylic acids is 2. The maximum atomic E-state index is 15.7. The van der Waals surface area contributed by atoms with Crippen molar-refractivity contribution >= 4 is 23.8 Å². The zero-order chi connectivity index (χ0) is 45.6. The summed E-state index contributed by atoms with van der Waals surface area (Å²) >= 11 is 0. The number of hydrogen-bond acceptors (Lipinski definition) is 6. The summed E-state index contributed by atoms with van der Waals surface area (Å²) in [5, 5.41) is 21.7. The molecule has 6 aromatic rings. The number of amides is 2. The number of carbonyl (C=O) groups is 4. The van der Waals surface area contributed by atoms with E-state index in [0.717, 1.165) is 47.9 Å². The number of benzene rings is 6. The summed E-state index contributed by atoms with van der Waals surface area (Å²) in [7, 11) is 0. The quantitative estimate of drug-likeness (QED) is 0.0774. The predicted octanol–water partition coefficient (Wildman–Crippen LogP) is 11.4. The molecule has 336 valence electrons. The van der Waals surface area contributed by atoms with Gasteiger partial charge in [-0.2, -0.15) is 0 Å². The Morgan fingerprint density at radius 3 is 1.03 bits per heavy atom. The number of carboxylic acid groups (broad SMARTS) is 2. The van der Waals surface area contributed by atoms with Crippen LogP contribution in [-0.2, 0) is 32.3 Å². The van der Waals surface area contributed by atoms with Crippen molar-refractivity contribution in [1.29, 1.82) is 0 Å². The van der Waals surface area contributed by atoms with E-state index < -0.39 is 59.5 Å². The first-order valence-electron chi connectivity index (χ1n) is 23.0. The van der Waals surface area contributed by atoms with Gasteiger partial charge in [0, 0.05) is 13.1 Å². The summed E-state index contributed by atoms with van der Waals surface area (Å²) in [5.41, 5.74) is 3.33. The summed E-state index contributed by atoms with van der Waals surface area (Å²) in [6, 6.07) is 52.2. The molecule has 3 aliphatic rings. The van der Waals surface area contributed by atoms with E-state index in [1.54, 1.807) is 9.80 Å². The first kappa shape index (κ1) is 44.0. The number of hydrogen-bond donors (Lipinski definition) is 2. The second-order valence-electron chi connectivity index (χ2n) is 18.0. The van der Waals surface area contributed by atoms with Crippen molar-refractivity contribution < 1.29 is 38.9 Å². The van der Waals surface area contributed by atoms with Gasteiger partial charge in [-0.05, 0) is 95.5 Å². The molecule has 0 heterocycles. The van der Waals surface area contributed by atoms with Gasteiger partial charge in [0.05, 0.1) is 35.8 Å². The van der Waals surface area contributed by atoms with Crippen molar-refractivity contribution in [3.05, 3.63) is 192 Å². The predicted molar refractivity (Wildman–Crippen MR) is 249 cm³/mol. The number of rotatable bonds is 20. The van der Waals surface area contributed by atoms with Crippen LogP contribution in [0.5, 0.6) is 23.0 Å². The summed E-state index contributed by atoms with van der Waals surface area (Å²) in [6.45, 7) is 0.210. The topological polar surface area (TPSA) is 134 Å². The average Bonchev–Trinajstić information content (AvgIpc) is 4.28. The van der Waals surface area contributed by atoms with E-state index in [1.807, 2.05) is 170 Å². The van der Waals surface area contributed by atoms with Gasteiger partial charge in [0.15, 0.2) is 0 Å². The lowest BCUT2D eigenvalue weighted by molar-refractivity contribution is -0.189. The van der Waals surface area contributed by atoms with Crippen LogP contribution in [0.3, 0.4) is 0 Å². The number of nitrogens with zero attached hydrogens (tertiary/aromatic N) is 2. The van der Waals surface area contributed by atoms with Crippen LogP contribution in [0.25, 0.3) is 0 Å². The Hall–Kier alpha value is -7.20. The lowest BCUT2D eigenvalue weighted by Crippen LogP contribution is -2.64. The molecule has 0 unspecified atom stereocenters. The van der Waals surface area contributed by atoms with Crippen molar-refractivity contribution in [2.24, 2.45) is 35.5 Å². The molecule has 2 N–H and O–H groups in total. The van der Waals surface area contributed by atoms with Crippen LogP contribution in [0.1, 0.15) is 72.9 Å². The molecule has 0 aromatic heterocycles. The zero-order valence-corrected chi connectivity index (χ0v) is 36.7. The molecular weight excluding hydrogens is 829 g/mol. The van der Waals surface area contributed by atoms with E-state index in [2.05, 4.69) is 0 Å². The molecule has 0 radical (unpaired) electrons. The zero-order valence-electron chi connectivity index (χ0n) is 36.7. The Bertz CT molecular complexity index is 2400. The molecule has 3 fully saturated rings. The highest BCUT2D eigenvalue weighted by molar-refractivity contribution is 6.00. The maximum Gasteiger partial charge on any atom is 0.308 e. The van der Waals surface area contributed by atoms with Gasteiger partial charge in [0.25, 0.3) is 0 Å². The van der Waals surface area contributed by atoms with Crippen LogP contribution in [0.15, 0.2) is 170 Å². The van der Waals surface area contributed by atoms with Crippen LogP contribution >= 0.6 is 0 Å². The summed E-state index contributed by atoms with van der Waals surface area (Å²) in [5.74, 6) is -6.74. The van der Waals surface area contributed by atoms with E-state index in [-0.39, 0.29) is 13.1 Å². The molecule has 66 heavy (non-hydrogen) atoms. The van der Waals surface area contributed by atoms with Gasteiger partial charge in [-0.25, -0.2) is 0 Å². The highest BCUT2D eigenvalue weighted by atomic mass is 16.5. The van der Waals surface area contributed by atoms with Gasteiger partial charge in [-0.1, -0.05) is 147 Å². The van der Waals surface area contributed by atoms with Crippen molar-refractivity contribution in [3.63, 3.8) is 0 Å². The van der Waals surface area contributed by atoms with E-state index >= 15 is 9.59 Å². The van der Waals surface area contributed by atoms with Gasteiger partial charge >= 0.3 is 11.9 Å². The molecule has 3 saturated carbocycles. The number of para-hydroxylation sites is 2. The number of ether oxygens (including phenoxy) is 2. The van der Waals surface area contributed by atoms with Crippen LogP contribution in [0, 0.1) is 35.5 Å². The molecular formula is C56H54N2O8. The molecule has 3 aliphatic carbocycles. The largest absolute Gasteiger partial charge is 0.481 e. The second kappa shape index (κ2) is 19.9. The Morgan fingerprint density at radius 2 is 0.727 bits per heavy atom. The van der Waals surface area contributed by atoms with Gasteiger partial charge in [0.1, 0.15) is 23.0 Å². The molecule has 0 aliphatic heterocycles. The third-order valence-corrected chi connectivity index (χ3v) is 13.4. The Morgan fingerprint density at radius 1 is 0.424 bits per heavy atom. The van der Waals surface area contributed by atoms with Gasteiger partial charge in [-0.15, -0.1) is 0 Å². The SMILES string of the molecule is O=C(O)[C@H]1[C@H](C(=O)O)[C@H](C(=O)N(Cc2ccc(Oc3ccccc3)cc2)[C@H](CC2CC2)c2ccccc2)[C@H]1C(=O)N(Cc1ccc(Oc2ccccc2)cc1)[C@H](CC1CC1)c1ccccc1. The van der Waals surface area contributed by atoms with Crippen LogP contribution in [0.4, 0.5) is 0 Å². The fraction of sp³-hybridized carbons (Fsp3) is 0.286. The lowest BCUT2D eigenvalue weighted by atomic mass is 9.55. The van der Waals surface area contributed by atoms with Crippen molar-refractivity contribution in [3.8, 4) is 23.0 Å². The fourth-order valence-electron chi connectivity index (χ4n) is 9.59.